The second-order valence-corrected chi connectivity index (χ2v) is 9.73. The van der Waals surface area contributed by atoms with Crippen LogP contribution >= 0.6 is 0 Å². The molecule has 1 atom stereocenters. The van der Waals surface area contributed by atoms with Gasteiger partial charge in [-0.05, 0) is 27.2 Å². The van der Waals surface area contributed by atoms with Crippen LogP contribution in [-0.4, -0.2) is 72.5 Å². The number of alkyl halides is 3. The molecule has 0 aliphatic carbocycles. The molecule has 3 heterocycles. The molecule has 1 unspecified atom stereocenters. The molecular weight excluding hydrogens is 417 g/mol. The third kappa shape index (κ3) is 4.92. The van der Waals surface area contributed by atoms with Crippen LogP contribution < -0.4 is 0 Å². The standard InChI is InChI=1S/C15H24N2O4S.C2HF3O2/c1-4-20-8-13-5-6-22(18,19)15(13)9-17(10-15)7-14-11(2)16-21-12(14)3;3-2(4,5)1(6)7/h13H,4-10H2,1-3H3;(H,6,7). The Morgan fingerprint density at radius 3 is 2.41 bits per heavy atom. The molecule has 0 bridgehead atoms. The molecule has 2 fully saturated rings. The van der Waals surface area contributed by atoms with E-state index in [1.165, 1.54) is 0 Å². The highest BCUT2D eigenvalue weighted by molar-refractivity contribution is 7.93. The molecule has 2 aliphatic rings. The normalized spacial score (nSPS) is 22.8. The topological polar surface area (TPSA) is 110 Å². The Bertz CT molecular complexity index is 811. The van der Waals surface area contributed by atoms with E-state index >= 15 is 0 Å². The molecule has 0 aromatic carbocycles. The molecular formula is C17H25F3N2O6S. The molecule has 0 radical (unpaired) electrons. The van der Waals surface area contributed by atoms with Crippen molar-refractivity contribution in [2.45, 2.75) is 44.7 Å². The molecule has 0 saturated carbocycles. The molecule has 12 heteroatoms. The van der Waals surface area contributed by atoms with Crippen LogP contribution in [0, 0.1) is 19.8 Å². The highest BCUT2D eigenvalue weighted by Crippen LogP contribution is 2.45. The maximum atomic E-state index is 12.5. The van der Waals surface area contributed by atoms with E-state index in [1.54, 1.807) is 0 Å². The first-order valence-electron chi connectivity index (χ1n) is 9.08. The van der Waals surface area contributed by atoms with E-state index in [4.69, 9.17) is 19.2 Å². The van der Waals surface area contributed by atoms with Crippen molar-refractivity contribution in [3.8, 4) is 0 Å². The Balaban J connectivity index is 0.000000370. The lowest BCUT2D eigenvalue weighted by Crippen LogP contribution is -2.67. The van der Waals surface area contributed by atoms with Gasteiger partial charge in [0.2, 0.25) is 0 Å². The van der Waals surface area contributed by atoms with Crippen molar-refractivity contribution in [1.29, 1.82) is 0 Å². The number of aliphatic carboxylic acids is 1. The van der Waals surface area contributed by atoms with Crippen molar-refractivity contribution < 1.29 is 40.8 Å². The zero-order valence-corrected chi connectivity index (χ0v) is 17.3. The van der Waals surface area contributed by atoms with Crippen molar-refractivity contribution in [2.75, 3.05) is 32.1 Å². The molecule has 1 spiro atoms. The monoisotopic (exact) mass is 442 g/mol. The maximum Gasteiger partial charge on any atom is 0.490 e. The summed E-state index contributed by atoms with van der Waals surface area (Å²) in [6.07, 6.45) is -4.36. The third-order valence-corrected chi connectivity index (χ3v) is 8.01. The number of nitrogens with zero attached hydrogens (tertiary/aromatic N) is 2. The van der Waals surface area contributed by atoms with Crippen LogP contribution in [0.3, 0.4) is 0 Å². The van der Waals surface area contributed by atoms with E-state index in [9.17, 15) is 21.6 Å². The van der Waals surface area contributed by atoms with Gasteiger partial charge in [-0.1, -0.05) is 5.16 Å². The highest BCUT2D eigenvalue weighted by atomic mass is 32.2. The lowest BCUT2D eigenvalue weighted by atomic mass is 9.83. The number of carbonyl (C=O) groups is 1. The van der Waals surface area contributed by atoms with Crippen LogP contribution in [0.4, 0.5) is 13.2 Å². The number of aromatic nitrogens is 1. The van der Waals surface area contributed by atoms with Crippen molar-refractivity contribution in [1.82, 2.24) is 10.1 Å². The number of rotatable bonds is 5. The van der Waals surface area contributed by atoms with E-state index in [2.05, 4.69) is 10.1 Å². The minimum Gasteiger partial charge on any atom is -0.475 e. The minimum atomic E-state index is -5.08. The Hall–Kier alpha value is -1.66. The summed E-state index contributed by atoms with van der Waals surface area (Å²) in [4.78, 5) is 11.1. The molecule has 1 aromatic rings. The van der Waals surface area contributed by atoms with E-state index in [1.807, 2.05) is 20.8 Å². The van der Waals surface area contributed by atoms with Gasteiger partial charge in [0.05, 0.1) is 18.1 Å². The lowest BCUT2D eigenvalue weighted by Gasteiger charge is -2.50. The number of sulfone groups is 1. The van der Waals surface area contributed by atoms with E-state index in [-0.39, 0.29) is 5.92 Å². The van der Waals surface area contributed by atoms with E-state index in [0.29, 0.717) is 38.6 Å². The summed E-state index contributed by atoms with van der Waals surface area (Å²) in [7, 11) is -3.02. The van der Waals surface area contributed by atoms with Crippen molar-refractivity contribution in [3.05, 3.63) is 17.0 Å². The summed E-state index contributed by atoms with van der Waals surface area (Å²) in [6, 6.07) is 0. The Kier molecular flexibility index (Phi) is 7.01. The zero-order chi connectivity index (χ0) is 22.0. The van der Waals surface area contributed by atoms with Gasteiger partial charge in [0.1, 0.15) is 10.5 Å². The van der Waals surface area contributed by atoms with Crippen LogP contribution in [0.25, 0.3) is 0 Å². The van der Waals surface area contributed by atoms with E-state index in [0.717, 1.165) is 23.4 Å². The molecule has 0 amide bonds. The zero-order valence-electron chi connectivity index (χ0n) is 16.5. The first-order chi connectivity index (χ1) is 13.3. The predicted octanol–water partition coefficient (Wildman–Crippen LogP) is 1.95. The Morgan fingerprint density at radius 2 is 1.97 bits per heavy atom. The molecule has 1 aromatic heterocycles. The molecule has 2 saturated heterocycles. The number of aryl methyl sites for hydroxylation is 2. The van der Waals surface area contributed by atoms with Crippen LogP contribution in [0.1, 0.15) is 30.4 Å². The second kappa shape index (κ2) is 8.60. The average Bonchev–Trinajstić information content (AvgIpc) is 3.03. The second-order valence-electron chi connectivity index (χ2n) is 7.28. The number of likely N-dealkylation sites (tertiary alicyclic amines) is 1. The third-order valence-electron chi connectivity index (χ3n) is 5.41. The maximum absolute atomic E-state index is 12.5. The summed E-state index contributed by atoms with van der Waals surface area (Å²) in [5.74, 6) is -1.52. The number of carboxylic acids is 1. The highest BCUT2D eigenvalue weighted by Gasteiger charge is 2.61. The molecule has 166 valence electrons. The number of hydrogen-bond acceptors (Lipinski definition) is 7. The number of ether oxygens (including phenoxy) is 1. The fraction of sp³-hybridized carbons (Fsp3) is 0.765. The van der Waals surface area contributed by atoms with Crippen LogP contribution in [0.5, 0.6) is 0 Å². The number of halogens is 3. The summed E-state index contributed by atoms with van der Waals surface area (Å²) in [6.45, 7) is 8.85. The predicted molar refractivity (Wildman–Crippen MR) is 96.1 cm³/mol. The van der Waals surface area contributed by atoms with Crippen molar-refractivity contribution in [3.63, 3.8) is 0 Å². The molecule has 1 N–H and O–H groups in total. The Labute approximate surface area is 166 Å². The van der Waals surface area contributed by atoms with Gasteiger partial charge in [0.25, 0.3) is 0 Å². The average molecular weight is 442 g/mol. The van der Waals surface area contributed by atoms with Gasteiger partial charge < -0.3 is 14.4 Å². The van der Waals surface area contributed by atoms with Gasteiger partial charge in [-0.15, -0.1) is 0 Å². The van der Waals surface area contributed by atoms with Gasteiger partial charge in [0, 0.05) is 37.7 Å². The summed E-state index contributed by atoms with van der Waals surface area (Å²) in [5, 5.41) is 11.1. The lowest BCUT2D eigenvalue weighted by molar-refractivity contribution is -0.192. The Morgan fingerprint density at radius 1 is 1.38 bits per heavy atom. The summed E-state index contributed by atoms with van der Waals surface area (Å²) < 4.78 is 66.9. The molecule has 29 heavy (non-hydrogen) atoms. The summed E-state index contributed by atoms with van der Waals surface area (Å²) >= 11 is 0. The minimum absolute atomic E-state index is 0.123. The fourth-order valence-corrected chi connectivity index (χ4v) is 6.20. The van der Waals surface area contributed by atoms with Crippen molar-refractivity contribution >= 4 is 15.8 Å². The van der Waals surface area contributed by atoms with Crippen LogP contribution in [-0.2, 0) is 25.9 Å². The van der Waals surface area contributed by atoms with Crippen LogP contribution in [0.15, 0.2) is 4.52 Å². The number of carboxylic acid groups (broad SMARTS) is 1. The van der Waals surface area contributed by atoms with Gasteiger partial charge in [0.15, 0.2) is 9.84 Å². The first-order valence-corrected chi connectivity index (χ1v) is 10.7. The molecule has 8 nitrogen and oxygen atoms in total. The number of hydrogen-bond donors (Lipinski definition) is 1. The van der Waals surface area contributed by atoms with Crippen LogP contribution in [0.2, 0.25) is 0 Å². The SMILES string of the molecule is CCOCC1CCS(=O)(=O)C12CN(Cc1c(C)noc1C)C2.O=C(O)C(F)(F)F. The van der Waals surface area contributed by atoms with Gasteiger partial charge in [-0.3, -0.25) is 4.90 Å². The molecule has 3 rings (SSSR count). The largest absolute Gasteiger partial charge is 0.490 e. The smallest absolute Gasteiger partial charge is 0.475 e. The van der Waals surface area contributed by atoms with Gasteiger partial charge in [-0.2, -0.15) is 13.2 Å². The summed E-state index contributed by atoms with van der Waals surface area (Å²) in [5.41, 5.74) is 1.96. The van der Waals surface area contributed by atoms with Gasteiger partial charge >= 0.3 is 12.1 Å². The fourth-order valence-electron chi connectivity index (χ4n) is 3.74. The van der Waals surface area contributed by atoms with Gasteiger partial charge in [-0.25, -0.2) is 13.2 Å². The first kappa shape index (κ1) is 23.6. The van der Waals surface area contributed by atoms with E-state index < -0.39 is 26.7 Å². The van der Waals surface area contributed by atoms with Crippen molar-refractivity contribution in [2.24, 2.45) is 5.92 Å². The quantitative estimate of drug-likeness (QED) is 0.737. The molecule has 2 aliphatic heterocycles.